The first-order valence-electron chi connectivity index (χ1n) is 12.7. The fraction of sp³-hybridized carbons (Fsp3) is 0.448. The number of aliphatic hydroxyl groups is 1. The third-order valence-electron chi connectivity index (χ3n) is 6.65. The summed E-state index contributed by atoms with van der Waals surface area (Å²) < 4.78 is 21.8. The number of carbonyl (C=O) groups excluding carboxylic acids is 2. The van der Waals surface area contributed by atoms with Gasteiger partial charge in [0.2, 0.25) is 0 Å². The fourth-order valence-corrected chi connectivity index (χ4v) is 4.47. The van der Waals surface area contributed by atoms with Crippen molar-refractivity contribution in [1.82, 2.24) is 0 Å². The molecule has 0 saturated carbocycles. The van der Waals surface area contributed by atoms with Crippen LogP contribution in [0.2, 0.25) is 0 Å². The van der Waals surface area contributed by atoms with E-state index < -0.39 is 42.3 Å². The Labute approximate surface area is 234 Å². The lowest BCUT2D eigenvalue weighted by Crippen LogP contribution is -2.36. The van der Waals surface area contributed by atoms with Crippen molar-refractivity contribution in [3.8, 4) is 17.2 Å². The van der Waals surface area contributed by atoms with Gasteiger partial charge in [-0.25, -0.2) is 4.79 Å². The summed E-state index contributed by atoms with van der Waals surface area (Å²) in [4.78, 5) is 24.6. The Morgan fingerprint density at radius 2 is 1.80 bits per heavy atom. The van der Waals surface area contributed by atoms with Gasteiger partial charge >= 0.3 is 6.09 Å². The minimum Gasteiger partial charge on any atom is -0.505 e. The highest BCUT2D eigenvalue weighted by molar-refractivity contribution is 6.05. The molecule has 1 aromatic rings. The van der Waals surface area contributed by atoms with Crippen LogP contribution in [0.5, 0.6) is 17.2 Å². The van der Waals surface area contributed by atoms with E-state index in [2.05, 4.69) is 5.32 Å². The zero-order valence-corrected chi connectivity index (χ0v) is 23.9. The Balaban J connectivity index is 2.72. The molecule has 0 spiro atoms. The normalized spacial score (nSPS) is 24.9. The first-order chi connectivity index (χ1) is 18.8. The molecule has 1 heterocycles. The molecule has 5 atom stereocenters. The van der Waals surface area contributed by atoms with Gasteiger partial charge < -0.3 is 45.3 Å². The highest BCUT2D eigenvalue weighted by Crippen LogP contribution is 2.43. The van der Waals surface area contributed by atoms with Crippen LogP contribution in [0.1, 0.15) is 39.7 Å². The van der Waals surface area contributed by atoms with Gasteiger partial charge in [-0.05, 0) is 38.8 Å². The molecule has 0 aromatic heterocycles. The van der Waals surface area contributed by atoms with Gasteiger partial charge in [0.1, 0.15) is 11.9 Å². The van der Waals surface area contributed by atoms with Crippen molar-refractivity contribution in [2.24, 2.45) is 11.7 Å². The minimum absolute atomic E-state index is 0.0171. The van der Waals surface area contributed by atoms with Crippen molar-refractivity contribution in [3.05, 3.63) is 52.7 Å². The number of fused-ring (bicyclic) bond motifs is 2. The SMILES string of the molecule is COc1c(O)cc2c(O)c1C=C(C)C[C@H](OC)[C@H](O)[C@@H](C)C=C(C)C(OC(N)=O)[C@@H](OC)C=CC=C(C)C(=O)N2. The third-order valence-corrected chi connectivity index (χ3v) is 6.65. The average molecular weight is 561 g/mol. The number of aliphatic hydroxyl groups excluding tert-OH is 1. The molecular weight excluding hydrogens is 520 g/mol. The van der Waals surface area contributed by atoms with E-state index in [0.29, 0.717) is 11.1 Å². The zero-order valence-electron chi connectivity index (χ0n) is 23.9. The molecule has 0 saturated heterocycles. The van der Waals surface area contributed by atoms with E-state index in [9.17, 15) is 24.9 Å². The van der Waals surface area contributed by atoms with Crippen LogP contribution in [-0.2, 0) is 19.0 Å². The summed E-state index contributed by atoms with van der Waals surface area (Å²) in [5, 5.41) is 35.3. The number of primary amides is 1. The van der Waals surface area contributed by atoms with E-state index in [4.69, 9.17) is 24.7 Å². The molecule has 6 N–H and O–H groups in total. The number of phenols is 2. The van der Waals surface area contributed by atoms with Crippen molar-refractivity contribution in [2.45, 2.75) is 58.5 Å². The molecule has 40 heavy (non-hydrogen) atoms. The molecule has 0 aliphatic carbocycles. The number of phenolic OH excluding ortho intramolecular Hbond substituents is 2. The largest absolute Gasteiger partial charge is 0.505 e. The minimum atomic E-state index is -0.998. The van der Waals surface area contributed by atoms with Gasteiger partial charge in [0.15, 0.2) is 17.6 Å². The molecule has 220 valence electrons. The molecular formula is C29H40N2O9. The van der Waals surface area contributed by atoms with Crippen molar-refractivity contribution >= 4 is 23.8 Å². The second-order valence-corrected chi connectivity index (χ2v) is 9.71. The van der Waals surface area contributed by atoms with E-state index in [-0.39, 0.29) is 40.5 Å². The van der Waals surface area contributed by atoms with Crippen LogP contribution >= 0.6 is 0 Å². The van der Waals surface area contributed by atoms with Crippen LogP contribution in [-0.4, -0.2) is 73.1 Å². The maximum Gasteiger partial charge on any atom is 0.405 e. The number of ether oxygens (including phenoxy) is 4. The molecule has 1 aliphatic rings. The van der Waals surface area contributed by atoms with Crippen molar-refractivity contribution in [3.63, 3.8) is 0 Å². The van der Waals surface area contributed by atoms with Crippen molar-refractivity contribution in [1.29, 1.82) is 0 Å². The van der Waals surface area contributed by atoms with Gasteiger partial charge in [-0.2, -0.15) is 0 Å². The van der Waals surface area contributed by atoms with E-state index in [0.717, 1.165) is 0 Å². The van der Waals surface area contributed by atoms with Crippen LogP contribution in [0.25, 0.3) is 6.08 Å². The van der Waals surface area contributed by atoms with E-state index in [1.54, 1.807) is 52.0 Å². The molecule has 2 amide bonds. The highest BCUT2D eigenvalue weighted by atomic mass is 16.6. The van der Waals surface area contributed by atoms with Gasteiger partial charge in [-0.1, -0.05) is 36.8 Å². The maximum absolute atomic E-state index is 12.9. The summed E-state index contributed by atoms with van der Waals surface area (Å²) in [5.41, 5.74) is 6.98. The topological polar surface area (TPSA) is 170 Å². The van der Waals surface area contributed by atoms with Crippen LogP contribution in [0.3, 0.4) is 0 Å². The quantitative estimate of drug-likeness (QED) is 0.209. The summed E-state index contributed by atoms with van der Waals surface area (Å²) in [5.74, 6) is -1.57. The Morgan fingerprint density at radius 1 is 1.12 bits per heavy atom. The second kappa shape index (κ2) is 14.5. The third kappa shape index (κ3) is 8.10. The number of rotatable bonds is 4. The van der Waals surface area contributed by atoms with Gasteiger partial charge in [-0.15, -0.1) is 0 Å². The number of hydrogen-bond acceptors (Lipinski definition) is 9. The number of benzene rings is 1. The molecule has 1 unspecified atom stereocenters. The lowest BCUT2D eigenvalue weighted by Gasteiger charge is -2.28. The Bertz CT molecular complexity index is 1200. The molecule has 11 nitrogen and oxygen atoms in total. The predicted molar refractivity (Wildman–Crippen MR) is 151 cm³/mol. The van der Waals surface area contributed by atoms with Gasteiger partial charge in [0.05, 0.1) is 30.6 Å². The van der Waals surface area contributed by atoms with Gasteiger partial charge in [0.25, 0.3) is 5.91 Å². The first kappa shape index (κ1) is 32.4. The average Bonchev–Trinajstić information content (AvgIpc) is 2.90. The number of aromatic hydroxyl groups is 2. The number of hydrogen-bond donors (Lipinski definition) is 5. The molecule has 0 radical (unpaired) electrons. The summed E-state index contributed by atoms with van der Waals surface area (Å²) >= 11 is 0. The highest BCUT2D eigenvalue weighted by Gasteiger charge is 2.29. The number of amides is 2. The Kier molecular flexibility index (Phi) is 11.8. The van der Waals surface area contributed by atoms with Gasteiger partial charge in [0, 0.05) is 31.8 Å². The van der Waals surface area contributed by atoms with Crippen molar-refractivity contribution < 1.29 is 43.9 Å². The monoisotopic (exact) mass is 560 g/mol. The van der Waals surface area contributed by atoms with E-state index in [1.807, 2.05) is 0 Å². The molecule has 0 fully saturated rings. The summed E-state index contributed by atoms with van der Waals surface area (Å²) in [6.07, 6.45) is 3.94. The zero-order chi connectivity index (χ0) is 30.1. The van der Waals surface area contributed by atoms with E-state index in [1.165, 1.54) is 33.5 Å². The Hall–Kier alpha value is -3.80. The molecule has 1 aliphatic heterocycles. The number of anilines is 1. The maximum atomic E-state index is 12.9. The first-order valence-corrected chi connectivity index (χ1v) is 12.7. The summed E-state index contributed by atoms with van der Waals surface area (Å²) in [7, 11) is 4.25. The predicted octanol–water partition coefficient (Wildman–Crippen LogP) is 3.79. The van der Waals surface area contributed by atoms with Gasteiger partial charge in [-0.3, -0.25) is 4.79 Å². The Morgan fingerprint density at radius 3 is 2.38 bits per heavy atom. The lowest BCUT2D eigenvalue weighted by molar-refractivity contribution is -0.112. The lowest BCUT2D eigenvalue weighted by atomic mass is 9.91. The molecule has 2 bridgehead atoms. The molecule has 11 heteroatoms. The second-order valence-electron chi connectivity index (χ2n) is 9.71. The number of allylic oxidation sites excluding steroid dienone is 2. The number of nitrogens with two attached hydrogens (primary N) is 1. The van der Waals surface area contributed by atoms with Crippen LogP contribution < -0.4 is 15.8 Å². The van der Waals surface area contributed by atoms with Crippen LogP contribution in [0.15, 0.2) is 47.1 Å². The van der Waals surface area contributed by atoms with Crippen LogP contribution in [0, 0.1) is 5.92 Å². The standard InChI is InChI=1S/C29H40N2O9/c1-15-11-19-25(34)20(14-21(32)27(19)39-7)31-28(35)16(2)9-8-10-22(37-5)26(40-29(30)36)18(4)13-17(3)24(33)23(12-15)38-6/h8-11,13-14,17,22-24,26,32-34H,12H2,1-7H3,(H2,30,36)(H,31,35)/t17-,22-,23-,24+,26?/m0/s1. The van der Waals surface area contributed by atoms with Crippen LogP contribution in [0.4, 0.5) is 10.5 Å². The molecule has 2 rings (SSSR count). The number of nitrogens with one attached hydrogen (secondary N) is 1. The fourth-order valence-electron chi connectivity index (χ4n) is 4.47. The smallest absolute Gasteiger partial charge is 0.405 e. The van der Waals surface area contributed by atoms with Crippen molar-refractivity contribution in [2.75, 3.05) is 26.6 Å². The van der Waals surface area contributed by atoms with E-state index >= 15 is 0 Å². The number of methoxy groups -OCH3 is 3. The molecule has 1 aromatic carbocycles. The number of carbonyl (C=O) groups is 2. The summed E-state index contributed by atoms with van der Waals surface area (Å²) in [6.45, 7) is 6.86. The summed E-state index contributed by atoms with van der Waals surface area (Å²) in [6, 6.07) is 1.19.